The third-order valence-corrected chi connectivity index (χ3v) is 3.78. The summed E-state index contributed by atoms with van der Waals surface area (Å²) in [6.45, 7) is 3.48. The van der Waals surface area contributed by atoms with E-state index in [-0.39, 0.29) is 12.4 Å². The van der Waals surface area contributed by atoms with Gasteiger partial charge in [-0.3, -0.25) is 0 Å². The smallest absolute Gasteiger partial charge is 0.133 e. The molecule has 4 nitrogen and oxygen atoms in total. The summed E-state index contributed by atoms with van der Waals surface area (Å²) in [6, 6.07) is 0. The first-order chi connectivity index (χ1) is 7.92. The predicted molar refractivity (Wildman–Crippen MR) is 69.3 cm³/mol. The Kier molecular flexibility index (Phi) is 4.40. The Labute approximate surface area is 109 Å². The number of nitrogens with one attached hydrogen (secondary N) is 1. The van der Waals surface area contributed by atoms with Gasteiger partial charge in [0.1, 0.15) is 12.2 Å². The summed E-state index contributed by atoms with van der Waals surface area (Å²) in [6.07, 6.45) is 8.39. The number of hydrogen-bond acceptors (Lipinski definition) is 3. The normalized spacial score (nSPS) is 21.2. The van der Waals surface area contributed by atoms with Crippen molar-refractivity contribution in [1.29, 1.82) is 0 Å². The first-order valence-corrected chi connectivity index (χ1v) is 6.49. The Morgan fingerprint density at radius 1 is 1.18 bits per heavy atom. The van der Waals surface area contributed by atoms with Crippen LogP contribution in [0.3, 0.4) is 0 Å². The Hall–Kier alpha value is -0.610. The van der Waals surface area contributed by atoms with Crippen molar-refractivity contribution in [3.05, 3.63) is 12.2 Å². The van der Waals surface area contributed by atoms with Crippen molar-refractivity contribution in [3.63, 3.8) is 0 Å². The Balaban J connectivity index is 0.00000108. The maximum Gasteiger partial charge on any atom is 0.133 e. The van der Waals surface area contributed by atoms with Gasteiger partial charge in [-0.2, -0.15) is 0 Å². The van der Waals surface area contributed by atoms with E-state index in [1.165, 1.54) is 44.6 Å². The van der Waals surface area contributed by atoms with Crippen molar-refractivity contribution in [2.45, 2.75) is 38.6 Å². The third-order valence-electron chi connectivity index (χ3n) is 3.78. The minimum Gasteiger partial charge on any atom is -0.317 e. The molecule has 0 amide bonds. The Morgan fingerprint density at radius 2 is 1.94 bits per heavy atom. The topological polar surface area (TPSA) is 42.7 Å². The molecule has 1 aromatic rings. The van der Waals surface area contributed by atoms with Gasteiger partial charge in [-0.15, -0.1) is 22.6 Å². The molecule has 2 aliphatic rings. The molecule has 0 unspecified atom stereocenters. The van der Waals surface area contributed by atoms with Gasteiger partial charge in [0.15, 0.2) is 0 Å². The number of piperidine rings is 1. The highest BCUT2D eigenvalue weighted by Crippen LogP contribution is 2.31. The van der Waals surface area contributed by atoms with Crippen molar-refractivity contribution < 1.29 is 0 Å². The minimum atomic E-state index is 0. The fraction of sp³-hybridized carbons (Fsp3) is 0.833. The van der Waals surface area contributed by atoms with Gasteiger partial charge in [0.2, 0.25) is 0 Å². The zero-order chi connectivity index (χ0) is 10.8. The van der Waals surface area contributed by atoms with Crippen molar-refractivity contribution in [1.82, 2.24) is 20.1 Å². The first-order valence-electron chi connectivity index (χ1n) is 6.49. The van der Waals surface area contributed by atoms with Gasteiger partial charge in [-0.05, 0) is 50.6 Å². The van der Waals surface area contributed by atoms with Crippen molar-refractivity contribution >= 4 is 12.4 Å². The first kappa shape index (κ1) is 12.8. The summed E-state index contributed by atoms with van der Waals surface area (Å²) in [5.74, 6) is 2.92. The summed E-state index contributed by atoms with van der Waals surface area (Å²) < 4.78 is 2.28. The van der Waals surface area contributed by atoms with Crippen LogP contribution in [0.15, 0.2) is 6.33 Å². The second-order valence-electron chi connectivity index (χ2n) is 5.24. The number of hydrogen-bond donors (Lipinski definition) is 1. The third kappa shape index (κ3) is 3.42. The monoisotopic (exact) mass is 256 g/mol. The van der Waals surface area contributed by atoms with Crippen LogP contribution in [0, 0.1) is 11.8 Å². The average Bonchev–Trinajstić information content (AvgIpc) is 3.02. The summed E-state index contributed by atoms with van der Waals surface area (Å²) in [5.41, 5.74) is 0. The maximum atomic E-state index is 4.28. The zero-order valence-electron chi connectivity index (χ0n) is 10.1. The quantitative estimate of drug-likeness (QED) is 0.891. The molecule has 1 saturated carbocycles. The number of halogens is 1. The molecule has 17 heavy (non-hydrogen) atoms. The lowest BCUT2D eigenvalue weighted by Gasteiger charge is -2.22. The molecule has 0 atom stereocenters. The van der Waals surface area contributed by atoms with Crippen LogP contribution < -0.4 is 5.32 Å². The average molecular weight is 257 g/mol. The van der Waals surface area contributed by atoms with Crippen LogP contribution in [0.5, 0.6) is 0 Å². The molecule has 0 spiro atoms. The van der Waals surface area contributed by atoms with E-state index in [1.807, 2.05) is 6.33 Å². The van der Waals surface area contributed by atoms with E-state index in [1.54, 1.807) is 0 Å². The lowest BCUT2D eigenvalue weighted by molar-refractivity contribution is 0.361. The molecule has 1 aliphatic heterocycles. The van der Waals surface area contributed by atoms with Gasteiger partial charge < -0.3 is 9.88 Å². The molecule has 2 heterocycles. The molecule has 3 rings (SSSR count). The lowest BCUT2D eigenvalue weighted by atomic mass is 9.94. The van der Waals surface area contributed by atoms with Crippen LogP contribution in [0.25, 0.3) is 0 Å². The van der Waals surface area contributed by atoms with Crippen LogP contribution in [0.4, 0.5) is 0 Å². The van der Waals surface area contributed by atoms with Gasteiger partial charge in [-0.1, -0.05) is 0 Å². The van der Waals surface area contributed by atoms with Crippen LogP contribution in [-0.4, -0.2) is 27.9 Å². The molecular formula is C12H21ClN4. The summed E-state index contributed by atoms with van der Waals surface area (Å²) >= 11 is 0. The van der Waals surface area contributed by atoms with Gasteiger partial charge >= 0.3 is 0 Å². The molecular weight excluding hydrogens is 236 g/mol. The second-order valence-corrected chi connectivity index (χ2v) is 5.24. The molecule has 2 fully saturated rings. The summed E-state index contributed by atoms with van der Waals surface area (Å²) in [7, 11) is 0. The van der Waals surface area contributed by atoms with Crippen LogP contribution in [-0.2, 0) is 13.0 Å². The number of nitrogens with zero attached hydrogens (tertiary/aromatic N) is 3. The van der Waals surface area contributed by atoms with E-state index in [0.717, 1.165) is 24.8 Å². The fourth-order valence-electron chi connectivity index (χ4n) is 2.51. The summed E-state index contributed by atoms with van der Waals surface area (Å²) in [4.78, 5) is 0. The second kappa shape index (κ2) is 5.83. The minimum absolute atomic E-state index is 0. The Morgan fingerprint density at radius 3 is 2.65 bits per heavy atom. The molecule has 0 bridgehead atoms. The van der Waals surface area contributed by atoms with Crippen LogP contribution >= 0.6 is 12.4 Å². The van der Waals surface area contributed by atoms with Crippen LogP contribution in [0.1, 0.15) is 31.5 Å². The van der Waals surface area contributed by atoms with E-state index < -0.39 is 0 Å². The molecule has 1 N–H and O–H groups in total. The largest absolute Gasteiger partial charge is 0.317 e. The number of rotatable bonds is 4. The van der Waals surface area contributed by atoms with Gasteiger partial charge in [-0.25, -0.2) is 0 Å². The Bertz CT molecular complexity index is 342. The molecule has 1 saturated heterocycles. The van der Waals surface area contributed by atoms with Crippen molar-refractivity contribution in [2.24, 2.45) is 11.8 Å². The SMILES string of the molecule is Cl.c1nnc(CC2CCNCC2)n1CC1CC1. The molecule has 5 heteroatoms. The van der Waals surface area contributed by atoms with E-state index in [0.29, 0.717) is 0 Å². The zero-order valence-corrected chi connectivity index (χ0v) is 11.0. The highest BCUT2D eigenvalue weighted by atomic mass is 35.5. The van der Waals surface area contributed by atoms with Crippen LogP contribution in [0.2, 0.25) is 0 Å². The molecule has 1 aliphatic carbocycles. The highest BCUT2D eigenvalue weighted by molar-refractivity contribution is 5.85. The van der Waals surface area contributed by atoms with E-state index in [2.05, 4.69) is 20.1 Å². The molecule has 1 aromatic heterocycles. The van der Waals surface area contributed by atoms with Crippen molar-refractivity contribution in [2.75, 3.05) is 13.1 Å². The predicted octanol–water partition coefficient (Wildman–Crippen LogP) is 1.65. The highest BCUT2D eigenvalue weighted by Gasteiger charge is 2.24. The lowest BCUT2D eigenvalue weighted by Crippen LogP contribution is -2.29. The van der Waals surface area contributed by atoms with Gasteiger partial charge in [0, 0.05) is 13.0 Å². The molecule has 0 aromatic carbocycles. The van der Waals surface area contributed by atoms with E-state index in [4.69, 9.17) is 0 Å². The fourth-order valence-corrected chi connectivity index (χ4v) is 2.51. The summed E-state index contributed by atoms with van der Waals surface area (Å²) in [5, 5.41) is 11.8. The van der Waals surface area contributed by atoms with E-state index >= 15 is 0 Å². The number of aromatic nitrogens is 3. The standard InChI is InChI=1S/C12H20N4.ClH/c1-2-11(1)8-16-9-14-15-12(16)7-10-3-5-13-6-4-10;/h9-11,13H,1-8H2;1H. The van der Waals surface area contributed by atoms with E-state index in [9.17, 15) is 0 Å². The maximum absolute atomic E-state index is 4.28. The molecule has 0 radical (unpaired) electrons. The molecule has 96 valence electrons. The van der Waals surface area contributed by atoms with Crippen molar-refractivity contribution in [3.8, 4) is 0 Å². The van der Waals surface area contributed by atoms with Gasteiger partial charge in [0.25, 0.3) is 0 Å². The van der Waals surface area contributed by atoms with Gasteiger partial charge in [0.05, 0.1) is 0 Å².